The SMILES string of the molecule is Cc1nc(-c2ccccc2)ccc1C(=O)NNC(=O)c1cccs1. The Labute approximate surface area is 143 Å². The monoisotopic (exact) mass is 337 g/mol. The molecule has 2 aromatic heterocycles. The van der Waals surface area contributed by atoms with Crippen LogP contribution in [0.3, 0.4) is 0 Å². The molecule has 3 aromatic rings. The number of carbonyl (C=O) groups excluding carboxylic acids is 2. The Morgan fingerprint density at radius 3 is 2.33 bits per heavy atom. The van der Waals surface area contributed by atoms with E-state index < -0.39 is 5.91 Å². The maximum Gasteiger partial charge on any atom is 0.279 e. The van der Waals surface area contributed by atoms with Gasteiger partial charge in [0.2, 0.25) is 0 Å². The largest absolute Gasteiger partial charge is 0.279 e. The number of rotatable bonds is 3. The molecule has 0 radical (unpaired) electrons. The molecule has 2 amide bonds. The Morgan fingerprint density at radius 1 is 0.917 bits per heavy atom. The molecule has 0 aliphatic carbocycles. The number of nitrogens with one attached hydrogen (secondary N) is 2. The number of thiophene rings is 1. The molecule has 6 heteroatoms. The number of nitrogens with zero attached hydrogens (tertiary/aromatic N) is 1. The Hall–Kier alpha value is -2.99. The fourth-order valence-electron chi connectivity index (χ4n) is 2.22. The van der Waals surface area contributed by atoms with Gasteiger partial charge in [-0.25, -0.2) is 0 Å². The van der Waals surface area contributed by atoms with E-state index in [-0.39, 0.29) is 5.91 Å². The molecule has 0 spiro atoms. The lowest BCUT2D eigenvalue weighted by atomic mass is 10.1. The van der Waals surface area contributed by atoms with Crippen LogP contribution in [0.4, 0.5) is 0 Å². The number of benzene rings is 1. The average Bonchev–Trinajstić information content (AvgIpc) is 3.15. The van der Waals surface area contributed by atoms with Crippen molar-refractivity contribution in [1.29, 1.82) is 0 Å². The Kier molecular flexibility index (Phi) is 4.67. The number of aryl methyl sites for hydroxylation is 1. The summed E-state index contributed by atoms with van der Waals surface area (Å²) in [4.78, 5) is 29.1. The molecule has 3 rings (SSSR count). The lowest BCUT2D eigenvalue weighted by Crippen LogP contribution is -2.41. The van der Waals surface area contributed by atoms with Crippen LogP contribution >= 0.6 is 11.3 Å². The van der Waals surface area contributed by atoms with Crippen LogP contribution in [0.1, 0.15) is 25.7 Å². The molecule has 120 valence electrons. The van der Waals surface area contributed by atoms with Crippen LogP contribution in [-0.4, -0.2) is 16.8 Å². The van der Waals surface area contributed by atoms with Crippen molar-refractivity contribution >= 4 is 23.2 Å². The highest BCUT2D eigenvalue weighted by molar-refractivity contribution is 7.12. The van der Waals surface area contributed by atoms with Gasteiger partial charge in [0.1, 0.15) is 0 Å². The maximum atomic E-state index is 12.2. The summed E-state index contributed by atoms with van der Waals surface area (Å²) < 4.78 is 0. The number of hydrazine groups is 1. The van der Waals surface area contributed by atoms with Gasteiger partial charge in [-0.3, -0.25) is 25.4 Å². The van der Waals surface area contributed by atoms with E-state index in [1.54, 1.807) is 36.6 Å². The van der Waals surface area contributed by atoms with Gasteiger partial charge in [-0.1, -0.05) is 36.4 Å². The van der Waals surface area contributed by atoms with Crippen molar-refractivity contribution < 1.29 is 9.59 Å². The normalized spacial score (nSPS) is 10.2. The van der Waals surface area contributed by atoms with Gasteiger partial charge in [0.25, 0.3) is 11.8 Å². The van der Waals surface area contributed by atoms with Gasteiger partial charge in [-0.15, -0.1) is 11.3 Å². The van der Waals surface area contributed by atoms with Crippen LogP contribution in [-0.2, 0) is 0 Å². The van der Waals surface area contributed by atoms with Gasteiger partial charge in [0.15, 0.2) is 0 Å². The molecule has 24 heavy (non-hydrogen) atoms. The molecular formula is C18H15N3O2S. The molecule has 2 N–H and O–H groups in total. The van der Waals surface area contributed by atoms with E-state index >= 15 is 0 Å². The van der Waals surface area contributed by atoms with Crippen molar-refractivity contribution in [2.24, 2.45) is 0 Å². The minimum Gasteiger partial charge on any atom is -0.267 e. The van der Waals surface area contributed by atoms with E-state index in [1.807, 2.05) is 30.3 Å². The smallest absolute Gasteiger partial charge is 0.267 e. The summed E-state index contributed by atoms with van der Waals surface area (Å²) in [5.74, 6) is -0.741. The van der Waals surface area contributed by atoms with E-state index in [9.17, 15) is 9.59 Å². The molecule has 0 bridgehead atoms. The van der Waals surface area contributed by atoms with Gasteiger partial charge in [0, 0.05) is 5.56 Å². The summed E-state index contributed by atoms with van der Waals surface area (Å²) in [6.45, 7) is 1.77. The first kappa shape index (κ1) is 15.9. The highest BCUT2D eigenvalue weighted by atomic mass is 32.1. The summed E-state index contributed by atoms with van der Waals surface area (Å²) in [5.41, 5.74) is 7.61. The van der Waals surface area contributed by atoms with Gasteiger partial charge in [-0.2, -0.15) is 0 Å². The fraction of sp³-hybridized carbons (Fsp3) is 0.0556. The van der Waals surface area contributed by atoms with Crippen LogP contribution < -0.4 is 10.9 Å². The van der Waals surface area contributed by atoms with Gasteiger partial charge < -0.3 is 0 Å². The van der Waals surface area contributed by atoms with Crippen molar-refractivity contribution in [2.75, 3.05) is 0 Å². The first-order valence-corrected chi connectivity index (χ1v) is 8.20. The summed E-state index contributed by atoms with van der Waals surface area (Å²) in [5, 5.41) is 1.80. The van der Waals surface area contributed by atoms with Crippen molar-refractivity contribution in [3.8, 4) is 11.3 Å². The Morgan fingerprint density at radius 2 is 1.67 bits per heavy atom. The Bertz CT molecular complexity index is 861. The molecule has 0 unspecified atom stereocenters. The van der Waals surface area contributed by atoms with Gasteiger partial charge in [-0.05, 0) is 30.5 Å². The molecule has 0 fully saturated rings. The second-order valence-electron chi connectivity index (χ2n) is 5.08. The maximum absolute atomic E-state index is 12.2. The average molecular weight is 337 g/mol. The third-order valence-electron chi connectivity index (χ3n) is 3.43. The molecule has 0 aliphatic heterocycles. The summed E-state index contributed by atoms with van der Waals surface area (Å²) in [6, 6.07) is 16.7. The summed E-state index contributed by atoms with van der Waals surface area (Å²) in [7, 11) is 0. The Balaban J connectivity index is 1.70. The van der Waals surface area contributed by atoms with Crippen LogP contribution in [0.15, 0.2) is 60.0 Å². The van der Waals surface area contributed by atoms with Crippen molar-refractivity contribution in [3.05, 3.63) is 76.1 Å². The molecule has 1 aromatic carbocycles. The van der Waals surface area contributed by atoms with Crippen LogP contribution in [0.25, 0.3) is 11.3 Å². The van der Waals surface area contributed by atoms with Crippen molar-refractivity contribution in [1.82, 2.24) is 15.8 Å². The lowest BCUT2D eigenvalue weighted by Gasteiger charge is -2.09. The highest BCUT2D eigenvalue weighted by Gasteiger charge is 2.13. The quantitative estimate of drug-likeness (QED) is 0.721. The van der Waals surface area contributed by atoms with E-state index in [0.717, 1.165) is 11.3 Å². The zero-order valence-electron chi connectivity index (χ0n) is 12.9. The molecule has 0 aliphatic rings. The predicted octanol–water partition coefficient (Wildman–Crippen LogP) is 3.19. The number of hydrogen-bond acceptors (Lipinski definition) is 4. The topological polar surface area (TPSA) is 71.1 Å². The minimum absolute atomic E-state index is 0.343. The van der Waals surface area contributed by atoms with Crippen molar-refractivity contribution in [3.63, 3.8) is 0 Å². The number of carbonyl (C=O) groups is 2. The molecule has 0 saturated carbocycles. The molecular weight excluding hydrogens is 322 g/mol. The third kappa shape index (κ3) is 3.49. The first-order valence-electron chi connectivity index (χ1n) is 7.32. The minimum atomic E-state index is -0.399. The van der Waals surface area contributed by atoms with Crippen molar-refractivity contribution in [2.45, 2.75) is 6.92 Å². The van der Waals surface area contributed by atoms with Gasteiger partial charge >= 0.3 is 0 Å². The van der Waals surface area contributed by atoms with Crippen LogP contribution in [0.5, 0.6) is 0 Å². The van der Waals surface area contributed by atoms with Crippen LogP contribution in [0.2, 0.25) is 0 Å². The summed E-state index contributed by atoms with van der Waals surface area (Å²) in [6.07, 6.45) is 0. The van der Waals surface area contributed by atoms with E-state index in [0.29, 0.717) is 16.1 Å². The standard InChI is InChI=1S/C18H15N3O2S/c1-12-14(9-10-15(19-12)13-6-3-2-4-7-13)17(22)20-21-18(23)16-8-5-11-24-16/h2-11H,1H3,(H,20,22)(H,21,23). The number of pyridine rings is 1. The zero-order chi connectivity index (χ0) is 16.9. The second-order valence-corrected chi connectivity index (χ2v) is 6.03. The zero-order valence-corrected chi connectivity index (χ0v) is 13.8. The number of aromatic nitrogens is 1. The third-order valence-corrected chi connectivity index (χ3v) is 4.30. The van der Waals surface area contributed by atoms with E-state index in [2.05, 4.69) is 15.8 Å². The molecule has 0 saturated heterocycles. The molecule has 0 atom stereocenters. The highest BCUT2D eigenvalue weighted by Crippen LogP contribution is 2.18. The number of hydrogen-bond donors (Lipinski definition) is 2. The predicted molar refractivity (Wildman–Crippen MR) is 93.7 cm³/mol. The first-order chi connectivity index (χ1) is 11.6. The van der Waals surface area contributed by atoms with E-state index in [4.69, 9.17) is 0 Å². The fourth-order valence-corrected chi connectivity index (χ4v) is 2.84. The lowest BCUT2D eigenvalue weighted by molar-refractivity contribution is 0.0848. The van der Waals surface area contributed by atoms with Crippen LogP contribution in [0, 0.1) is 6.92 Å². The number of amides is 2. The van der Waals surface area contributed by atoms with E-state index in [1.165, 1.54) is 11.3 Å². The summed E-state index contributed by atoms with van der Waals surface area (Å²) >= 11 is 1.31. The van der Waals surface area contributed by atoms with Gasteiger partial charge in [0.05, 0.1) is 21.8 Å². The molecule has 5 nitrogen and oxygen atoms in total. The molecule has 2 heterocycles. The second kappa shape index (κ2) is 7.06.